The molecular formula is C36H43N7O6S. The molecule has 1 heterocycles. The zero-order chi connectivity index (χ0) is 36.2. The number of nitrogens with one attached hydrogen (secondary N) is 3. The summed E-state index contributed by atoms with van der Waals surface area (Å²) in [5.41, 5.74) is 13.1. The van der Waals surface area contributed by atoms with Crippen LogP contribution in [0.1, 0.15) is 54.0 Å². The second-order valence-electron chi connectivity index (χ2n) is 12.2. The number of rotatable bonds is 17. The first-order chi connectivity index (χ1) is 23.9. The number of nitrogens with two attached hydrogens (primary N) is 2. The highest BCUT2D eigenvalue weighted by molar-refractivity contribution is 7.20. The van der Waals surface area contributed by atoms with Crippen LogP contribution in [0.15, 0.2) is 77.8 Å². The number of phenolic OH excluding ortho intramolecular Hbond substituents is 2. The number of ketones is 1. The number of guanidine groups is 1. The highest BCUT2D eigenvalue weighted by atomic mass is 32.1. The van der Waals surface area contributed by atoms with E-state index in [9.17, 15) is 29.4 Å². The average Bonchev–Trinajstić information content (AvgIpc) is 3.52. The van der Waals surface area contributed by atoms with Crippen LogP contribution in [0.4, 0.5) is 0 Å². The van der Waals surface area contributed by atoms with Crippen molar-refractivity contribution in [2.45, 2.75) is 64.1 Å². The van der Waals surface area contributed by atoms with E-state index in [1.807, 2.05) is 18.2 Å². The lowest BCUT2D eigenvalue weighted by molar-refractivity contribution is -0.133. The van der Waals surface area contributed by atoms with Gasteiger partial charge in [0.15, 0.2) is 11.0 Å². The van der Waals surface area contributed by atoms with Crippen LogP contribution in [0.5, 0.6) is 11.5 Å². The Morgan fingerprint density at radius 1 is 0.820 bits per heavy atom. The third kappa shape index (κ3) is 11.0. The number of thiazole rings is 1. The summed E-state index contributed by atoms with van der Waals surface area (Å²) in [5, 5.41) is 28.0. The monoisotopic (exact) mass is 701 g/mol. The summed E-state index contributed by atoms with van der Waals surface area (Å²) in [7, 11) is 0. The molecule has 0 aliphatic heterocycles. The number of aromatic nitrogens is 1. The zero-order valence-electron chi connectivity index (χ0n) is 28.0. The standard InChI is InChI=1S/C36H43N7O6S/c1-21(2)31(34(49)41-27(7-5-19-39-36(37)38)32(47)35-42-26-6-3-4-8-29(26)50-35)43-33(48)28(20-23-11-16-25(45)17-12-23)40-30(46)18-13-22-9-14-24(44)15-10-22/h3-4,6,8-12,14-17,21,27-28,31,44-45H,5,7,13,18-20H2,1-2H3,(H,40,46)(H,41,49)(H,43,48)(H4,37,38,39)/t27-,28-,31-/m0/s1. The minimum absolute atomic E-state index is 0.0532. The van der Waals surface area contributed by atoms with Gasteiger partial charge < -0.3 is 37.6 Å². The van der Waals surface area contributed by atoms with Crippen LogP contribution in [-0.4, -0.2) is 69.3 Å². The Balaban J connectivity index is 1.50. The van der Waals surface area contributed by atoms with Gasteiger partial charge in [-0.05, 0) is 72.7 Å². The van der Waals surface area contributed by atoms with Crippen LogP contribution in [0.3, 0.4) is 0 Å². The summed E-state index contributed by atoms with van der Waals surface area (Å²) >= 11 is 1.23. The quantitative estimate of drug-likeness (QED) is 0.0372. The molecule has 3 aromatic carbocycles. The number of Topliss-reactive ketones (excluding diaryl/α,β-unsaturated/α-hetero) is 1. The Labute approximate surface area is 294 Å². The SMILES string of the molecule is CC(C)[C@H](NC(=O)[C@H](Cc1ccc(O)cc1)NC(=O)CCc1ccc(O)cc1)C(=O)N[C@@H](CCCN=C(N)N)C(=O)c1nc2ccccc2s1. The topological polar surface area (TPSA) is 222 Å². The molecule has 1 aromatic heterocycles. The Morgan fingerprint density at radius 2 is 1.46 bits per heavy atom. The first-order valence-electron chi connectivity index (χ1n) is 16.3. The van der Waals surface area contributed by atoms with Gasteiger partial charge in [-0.15, -0.1) is 11.3 Å². The predicted molar refractivity (Wildman–Crippen MR) is 193 cm³/mol. The number of nitrogens with zero attached hydrogens (tertiary/aromatic N) is 2. The number of hydrogen-bond donors (Lipinski definition) is 7. The van der Waals surface area contributed by atoms with Gasteiger partial charge in [0.2, 0.25) is 23.5 Å². The van der Waals surface area contributed by atoms with Crippen LogP contribution in [-0.2, 0) is 27.2 Å². The van der Waals surface area contributed by atoms with Crippen LogP contribution >= 0.6 is 11.3 Å². The summed E-state index contributed by atoms with van der Waals surface area (Å²) in [5.74, 6) is -2.22. The lowest BCUT2D eigenvalue weighted by Gasteiger charge is -2.27. The number of fused-ring (bicyclic) bond motifs is 1. The summed E-state index contributed by atoms with van der Waals surface area (Å²) in [6.45, 7) is 3.77. The first-order valence-corrected chi connectivity index (χ1v) is 17.1. The van der Waals surface area contributed by atoms with Crippen LogP contribution in [0, 0.1) is 5.92 Å². The minimum Gasteiger partial charge on any atom is -0.508 e. The Bertz CT molecular complexity index is 1770. The fraction of sp³-hybridized carbons (Fsp3) is 0.333. The Morgan fingerprint density at radius 3 is 2.08 bits per heavy atom. The van der Waals surface area contributed by atoms with Gasteiger partial charge in [-0.1, -0.05) is 50.2 Å². The van der Waals surface area contributed by atoms with Gasteiger partial charge in [0, 0.05) is 19.4 Å². The van der Waals surface area contributed by atoms with Gasteiger partial charge in [0.05, 0.1) is 16.3 Å². The van der Waals surface area contributed by atoms with Gasteiger partial charge in [-0.3, -0.25) is 24.2 Å². The maximum atomic E-state index is 13.8. The largest absolute Gasteiger partial charge is 0.508 e. The third-order valence-electron chi connectivity index (χ3n) is 7.93. The smallest absolute Gasteiger partial charge is 0.243 e. The van der Waals surface area contributed by atoms with Gasteiger partial charge in [-0.25, -0.2) is 4.98 Å². The molecule has 0 spiro atoms. The maximum absolute atomic E-state index is 13.8. The molecule has 14 heteroatoms. The molecule has 0 radical (unpaired) electrons. The first kappa shape index (κ1) is 37.3. The van der Waals surface area contributed by atoms with Crippen molar-refractivity contribution in [2.24, 2.45) is 22.4 Å². The summed E-state index contributed by atoms with van der Waals surface area (Å²) in [6, 6.07) is 17.0. The van der Waals surface area contributed by atoms with Crippen molar-refractivity contribution in [3.05, 3.63) is 88.9 Å². The number of para-hydroxylation sites is 1. The van der Waals surface area contributed by atoms with Crippen molar-refractivity contribution in [3.63, 3.8) is 0 Å². The molecule has 4 aromatic rings. The lowest BCUT2D eigenvalue weighted by atomic mass is 9.99. The number of amides is 3. The van der Waals surface area contributed by atoms with Gasteiger partial charge in [0.1, 0.15) is 23.6 Å². The molecule has 0 bridgehead atoms. The Kier molecular flexibility index (Phi) is 13.3. The summed E-state index contributed by atoms with van der Waals surface area (Å²) < 4.78 is 0.832. The number of carbonyl (C=O) groups excluding carboxylic acids is 4. The molecule has 13 nitrogen and oxygen atoms in total. The Hall–Kier alpha value is -5.50. The fourth-order valence-corrected chi connectivity index (χ4v) is 6.17. The van der Waals surface area contributed by atoms with Crippen molar-refractivity contribution < 1.29 is 29.4 Å². The average molecular weight is 702 g/mol. The van der Waals surface area contributed by atoms with Gasteiger partial charge in [-0.2, -0.15) is 0 Å². The molecule has 0 unspecified atom stereocenters. The van der Waals surface area contributed by atoms with E-state index in [0.717, 1.165) is 10.3 Å². The van der Waals surface area contributed by atoms with Crippen LogP contribution < -0.4 is 27.4 Å². The van der Waals surface area contributed by atoms with Gasteiger partial charge in [0.25, 0.3) is 0 Å². The second-order valence-corrected chi connectivity index (χ2v) is 13.3. The summed E-state index contributed by atoms with van der Waals surface area (Å²) in [4.78, 5) is 62.8. The van der Waals surface area contributed by atoms with Crippen LogP contribution in [0.25, 0.3) is 10.2 Å². The molecule has 3 amide bonds. The predicted octanol–water partition coefficient (Wildman–Crippen LogP) is 2.93. The molecule has 3 atom stereocenters. The highest BCUT2D eigenvalue weighted by Gasteiger charge is 2.32. The van der Waals surface area contributed by atoms with Crippen molar-refractivity contribution in [2.75, 3.05) is 6.54 Å². The van der Waals surface area contributed by atoms with Gasteiger partial charge >= 0.3 is 0 Å². The second kappa shape index (κ2) is 17.8. The molecule has 4 rings (SSSR count). The number of aromatic hydroxyl groups is 2. The number of aryl methyl sites for hydroxylation is 1. The number of benzene rings is 3. The normalized spacial score (nSPS) is 12.9. The van der Waals surface area contributed by atoms with E-state index in [1.54, 1.807) is 44.2 Å². The number of aliphatic imine (C=N–C) groups is 1. The van der Waals surface area contributed by atoms with Crippen LogP contribution in [0.2, 0.25) is 0 Å². The van der Waals surface area contributed by atoms with Crippen molar-refractivity contribution in [1.82, 2.24) is 20.9 Å². The van der Waals surface area contributed by atoms with E-state index in [-0.39, 0.29) is 60.0 Å². The molecular weight excluding hydrogens is 659 g/mol. The lowest BCUT2D eigenvalue weighted by Crippen LogP contribution is -2.57. The molecule has 0 saturated carbocycles. The maximum Gasteiger partial charge on any atom is 0.243 e. The molecule has 264 valence electrons. The van der Waals surface area contributed by atoms with Crippen molar-refractivity contribution in [1.29, 1.82) is 0 Å². The number of hydrogen-bond acceptors (Lipinski definition) is 9. The van der Waals surface area contributed by atoms with E-state index in [1.165, 1.54) is 35.6 Å². The molecule has 9 N–H and O–H groups in total. The van der Waals surface area contributed by atoms with E-state index in [4.69, 9.17) is 11.5 Å². The third-order valence-corrected chi connectivity index (χ3v) is 8.99. The number of phenols is 2. The summed E-state index contributed by atoms with van der Waals surface area (Å²) in [6.07, 6.45) is 1.16. The molecule has 0 aliphatic carbocycles. The molecule has 0 aliphatic rings. The van der Waals surface area contributed by atoms with E-state index >= 15 is 0 Å². The molecule has 0 fully saturated rings. The van der Waals surface area contributed by atoms with Crippen molar-refractivity contribution in [3.8, 4) is 11.5 Å². The molecule has 0 saturated heterocycles. The highest BCUT2D eigenvalue weighted by Crippen LogP contribution is 2.23. The van der Waals surface area contributed by atoms with Crippen molar-refractivity contribution >= 4 is 51.0 Å². The molecule has 50 heavy (non-hydrogen) atoms. The van der Waals surface area contributed by atoms with E-state index < -0.39 is 35.9 Å². The zero-order valence-corrected chi connectivity index (χ0v) is 28.8. The minimum atomic E-state index is -1.05. The number of carbonyl (C=O) groups is 4. The van der Waals surface area contributed by atoms with E-state index in [2.05, 4.69) is 25.9 Å². The fourth-order valence-electron chi connectivity index (χ4n) is 5.21. The van der Waals surface area contributed by atoms with E-state index in [0.29, 0.717) is 23.9 Å².